The number of hydrogen-bond donors (Lipinski definition) is 1. The minimum absolute atomic E-state index is 0.249. The minimum atomic E-state index is -3.65. The number of nitrogens with one attached hydrogen (secondary N) is 1. The van der Waals surface area contributed by atoms with E-state index in [0.717, 1.165) is 22.4 Å². The van der Waals surface area contributed by atoms with Crippen LogP contribution in [0.2, 0.25) is 0 Å². The van der Waals surface area contributed by atoms with Gasteiger partial charge in [-0.2, -0.15) is 0 Å². The summed E-state index contributed by atoms with van der Waals surface area (Å²) in [5, 5.41) is 0. The maximum absolute atomic E-state index is 12.9. The highest BCUT2D eigenvalue weighted by molar-refractivity contribution is 7.92. The highest BCUT2D eigenvalue weighted by Crippen LogP contribution is 2.35. The van der Waals surface area contributed by atoms with Gasteiger partial charge in [-0.3, -0.25) is 4.72 Å². The van der Waals surface area contributed by atoms with Crippen LogP contribution in [-0.2, 0) is 10.0 Å². The fourth-order valence-corrected chi connectivity index (χ4v) is 4.49. The predicted octanol–water partition coefficient (Wildman–Crippen LogP) is 5.04. The van der Waals surface area contributed by atoms with Crippen LogP contribution in [0.4, 0.5) is 11.4 Å². The number of rotatable bonds is 6. The molecule has 2 rings (SSSR count). The molecule has 0 spiro atoms. The second kappa shape index (κ2) is 7.70. The van der Waals surface area contributed by atoms with Crippen LogP contribution in [0.5, 0.6) is 0 Å². The molecule has 0 fully saturated rings. The summed E-state index contributed by atoms with van der Waals surface area (Å²) in [4.78, 5) is 2.52. The molecule has 0 aliphatic heterocycles. The van der Waals surface area contributed by atoms with E-state index in [9.17, 15) is 8.42 Å². The minimum Gasteiger partial charge on any atom is -0.365 e. The molecule has 142 valence electrons. The summed E-state index contributed by atoms with van der Waals surface area (Å²) in [6.07, 6.45) is 0. The molecular weight excluding hydrogens is 344 g/mol. The van der Waals surface area contributed by atoms with Crippen LogP contribution >= 0.6 is 0 Å². The van der Waals surface area contributed by atoms with Gasteiger partial charge >= 0.3 is 0 Å². The second-order valence-electron chi connectivity index (χ2n) is 7.49. The molecule has 0 amide bonds. The predicted molar refractivity (Wildman–Crippen MR) is 111 cm³/mol. The van der Waals surface area contributed by atoms with Gasteiger partial charge in [0.15, 0.2) is 0 Å². The first-order valence-corrected chi connectivity index (χ1v) is 10.5. The lowest BCUT2D eigenvalue weighted by molar-refractivity contribution is 0.599. The van der Waals surface area contributed by atoms with Crippen molar-refractivity contribution >= 4 is 21.4 Å². The average Bonchev–Trinajstić information content (AvgIpc) is 2.50. The van der Waals surface area contributed by atoms with Crippen LogP contribution in [0.1, 0.15) is 44.4 Å². The zero-order valence-corrected chi connectivity index (χ0v) is 17.6. The van der Waals surface area contributed by atoms with E-state index < -0.39 is 10.0 Å². The molecular formula is C21H30N2O2S. The lowest BCUT2D eigenvalue weighted by atomic mass is 10.1. The van der Waals surface area contributed by atoms with Crippen molar-refractivity contribution in [3.8, 4) is 0 Å². The summed E-state index contributed by atoms with van der Waals surface area (Å²) in [7, 11) is -3.65. The van der Waals surface area contributed by atoms with E-state index >= 15 is 0 Å². The third kappa shape index (κ3) is 4.39. The van der Waals surface area contributed by atoms with Gasteiger partial charge in [0.2, 0.25) is 0 Å². The van der Waals surface area contributed by atoms with Gasteiger partial charge in [0.25, 0.3) is 10.0 Å². The summed E-state index contributed by atoms with van der Waals surface area (Å²) in [6, 6.07) is 11.5. The largest absolute Gasteiger partial charge is 0.365 e. The lowest BCUT2D eigenvalue weighted by Crippen LogP contribution is -2.38. The first-order chi connectivity index (χ1) is 12.0. The Morgan fingerprint density at radius 1 is 0.846 bits per heavy atom. The molecule has 2 aromatic carbocycles. The van der Waals surface area contributed by atoms with E-state index in [0.29, 0.717) is 5.69 Å². The third-order valence-corrected chi connectivity index (χ3v) is 5.78. The van der Waals surface area contributed by atoms with Gasteiger partial charge < -0.3 is 4.90 Å². The second-order valence-corrected chi connectivity index (χ2v) is 9.17. The van der Waals surface area contributed by atoms with Crippen molar-refractivity contribution in [2.45, 2.75) is 65.4 Å². The first-order valence-electron chi connectivity index (χ1n) is 9.02. The Hall–Kier alpha value is -2.01. The highest BCUT2D eigenvalue weighted by Gasteiger charge is 2.23. The standard InChI is InChI=1S/C21H30N2O2S/c1-14(2)23(15(3)4)20-13-17(6)12-18(7)21(20)22-26(24,25)19-10-8-16(5)9-11-19/h8-15,22H,1-7H3. The normalized spacial score (nSPS) is 11.9. The van der Waals surface area contributed by atoms with E-state index in [1.54, 1.807) is 12.1 Å². The van der Waals surface area contributed by atoms with Crippen molar-refractivity contribution in [2.24, 2.45) is 0 Å². The molecule has 5 heteroatoms. The molecule has 0 saturated heterocycles. The Morgan fingerprint density at radius 2 is 1.38 bits per heavy atom. The van der Waals surface area contributed by atoms with Crippen molar-refractivity contribution in [1.29, 1.82) is 0 Å². The molecule has 1 N–H and O–H groups in total. The molecule has 0 saturated carbocycles. The summed E-state index contributed by atoms with van der Waals surface area (Å²) in [6.45, 7) is 14.4. The maximum Gasteiger partial charge on any atom is 0.261 e. The smallest absolute Gasteiger partial charge is 0.261 e. The number of aryl methyl sites for hydroxylation is 3. The molecule has 4 nitrogen and oxygen atoms in total. The summed E-state index contributed by atoms with van der Waals surface area (Å²) in [5.41, 5.74) is 4.63. The van der Waals surface area contributed by atoms with Gasteiger partial charge in [-0.05, 0) is 77.8 Å². The Bertz CT molecular complexity index is 862. The van der Waals surface area contributed by atoms with Crippen LogP contribution in [-0.4, -0.2) is 20.5 Å². The number of benzene rings is 2. The third-order valence-electron chi connectivity index (χ3n) is 4.42. The maximum atomic E-state index is 12.9. The van der Waals surface area contributed by atoms with Crippen LogP contribution < -0.4 is 9.62 Å². The van der Waals surface area contributed by atoms with Gasteiger partial charge in [-0.15, -0.1) is 0 Å². The quantitative estimate of drug-likeness (QED) is 0.771. The van der Waals surface area contributed by atoms with E-state index in [4.69, 9.17) is 0 Å². The van der Waals surface area contributed by atoms with Crippen LogP contribution in [0.15, 0.2) is 41.3 Å². The molecule has 0 aliphatic carbocycles. The Balaban J connectivity index is 2.57. The highest BCUT2D eigenvalue weighted by atomic mass is 32.2. The molecule has 0 radical (unpaired) electrons. The fourth-order valence-electron chi connectivity index (χ4n) is 3.34. The van der Waals surface area contributed by atoms with Gasteiger partial charge in [-0.25, -0.2) is 8.42 Å². The lowest BCUT2D eigenvalue weighted by Gasteiger charge is -2.35. The first kappa shape index (κ1) is 20.3. The topological polar surface area (TPSA) is 49.4 Å². The van der Waals surface area contributed by atoms with Crippen molar-refractivity contribution < 1.29 is 8.42 Å². The monoisotopic (exact) mass is 374 g/mol. The Labute approximate surface area is 158 Å². The molecule has 0 aromatic heterocycles. The van der Waals surface area contributed by atoms with E-state index in [-0.39, 0.29) is 17.0 Å². The fraction of sp³-hybridized carbons (Fsp3) is 0.429. The van der Waals surface area contributed by atoms with Gasteiger partial charge in [0, 0.05) is 12.1 Å². The average molecular weight is 375 g/mol. The van der Waals surface area contributed by atoms with Crippen LogP contribution in [0.3, 0.4) is 0 Å². The van der Waals surface area contributed by atoms with E-state index in [1.807, 2.05) is 39.0 Å². The SMILES string of the molecule is Cc1ccc(S(=O)(=O)Nc2c(C)cc(C)cc2N(C(C)C)C(C)C)cc1. The summed E-state index contributed by atoms with van der Waals surface area (Å²) >= 11 is 0. The number of sulfonamides is 1. The van der Waals surface area contributed by atoms with Crippen LogP contribution in [0.25, 0.3) is 0 Å². The number of anilines is 2. The van der Waals surface area contributed by atoms with E-state index in [1.165, 1.54) is 0 Å². The Kier molecular flexibility index (Phi) is 6.02. The number of nitrogens with zero attached hydrogens (tertiary/aromatic N) is 1. The van der Waals surface area contributed by atoms with Crippen molar-refractivity contribution in [1.82, 2.24) is 0 Å². The van der Waals surface area contributed by atoms with Gasteiger partial charge in [-0.1, -0.05) is 23.8 Å². The zero-order valence-electron chi connectivity index (χ0n) is 16.8. The van der Waals surface area contributed by atoms with Crippen molar-refractivity contribution in [3.05, 3.63) is 53.1 Å². The molecule has 0 bridgehead atoms. The van der Waals surface area contributed by atoms with Gasteiger partial charge in [0.1, 0.15) is 0 Å². The zero-order chi connectivity index (χ0) is 19.6. The molecule has 26 heavy (non-hydrogen) atoms. The van der Waals surface area contributed by atoms with Crippen LogP contribution in [0, 0.1) is 20.8 Å². The molecule has 0 atom stereocenters. The summed E-state index contributed by atoms with van der Waals surface area (Å²) < 4.78 is 28.7. The van der Waals surface area contributed by atoms with Crippen molar-refractivity contribution in [3.63, 3.8) is 0 Å². The molecule has 0 aliphatic rings. The molecule has 0 heterocycles. The molecule has 0 unspecified atom stereocenters. The van der Waals surface area contributed by atoms with Crippen molar-refractivity contribution in [2.75, 3.05) is 9.62 Å². The number of hydrogen-bond acceptors (Lipinski definition) is 3. The Morgan fingerprint density at radius 3 is 1.88 bits per heavy atom. The summed E-state index contributed by atoms with van der Waals surface area (Å²) in [5.74, 6) is 0. The van der Waals surface area contributed by atoms with Gasteiger partial charge in [0.05, 0.1) is 16.3 Å². The van der Waals surface area contributed by atoms with E-state index in [2.05, 4.69) is 43.4 Å². The molecule has 2 aromatic rings.